The van der Waals surface area contributed by atoms with Crippen LogP contribution in [-0.2, 0) is 0 Å². The molecule has 2 heterocycles. The lowest BCUT2D eigenvalue weighted by molar-refractivity contribution is 0.0697. The molecule has 1 aliphatic carbocycles. The Morgan fingerprint density at radius 1 is 1.24 bits per heavy atom. The molecule has 6 nitrogen and oxygen atoms in total. The minimum Gasteiger partial charge on any atom is -0.478 e. The Balaban J connectivity index is 1.73. The van der Waals surface area contributed by atoms with E-state index in [1.807, 2.05) is 4.52 Å². The van der Waals surface area contributed by atoms with Gasteiger partial charge < -0.3 is 5.11 Å². The summed E-state index contributed by atoms with van der Waals surface area (Å²) in [4.78, 5) is 11.7. The molecule has 106 valence electrons. The monoisotopic (exact) mass is 300 g/mol. The summed E-state index contributed by atoms with van der Waals surface area (Å²) in [6.07, 6.45) is 3.55. The Morgan fingerprint density at radius 3 is 2.62 bits per heavy atom. The number of carbonyl (C=O) groups is 1. The van der Waals surface area contributed by atoms with E-state index in [0.717, 1.165) is 34.2 Å². The quantitative estimate of drug-likeness (QED) is 0.804. The van der Waals surface area contributed by atoms with Crippen molar-refractivity contribution in [3.05, 3.63) is 35.7 Å². The van der Waals surface area contributed by atoms with Gasteiger partial charge in [0.25, 0.3) is 0 Å². The van der Waals surface area contributed by atoms with Gasteiger partial charge in [-0.1, -0.05) is 29.9 Å². The van der Waals surface area contributed by atoms with Gasteiger partial charge in [0.2, 0.25) is 4.96 Å². The van der Waals surface area contributed by atoms with Gasteiger partial charge in [-0.2, -0.15) is 9.61 Å². The number of hydrogen-bond acceptors (Lipinski definition) is 5. The second-order valence-electron chi connectivity index (χ2n) is 5.17. The molecule has 0 amide bonds. The summed E-state index contributed by atoms with van der Waals surface area (Å²) in [6.45, 7) is 0. The molecule has 2 aromatic heterocycles. The van der Waals surface area contributed by atoms with Gasteiger partial charge >= 0.3 is 5.97 Å². The smallest absolute Gasteiger partial charge is 0.335 e. The first-order valence-corrected chi connectivity index (χ1v) is 7.60. The molecule has 7 heteroatoms. The second-order valence-corrected chi connectivity index (χ2v) is 6.13. The Kier molecular flexibility index (Phi) is 2.75. The number of hydrogen-bond donors (Lipinski definition) is 1. The molecule has 0 aliphatic heterocycles. The average Bonchev–Trinajstić information content (AvgIpc) is 2.99. The van der Waals surface area contributed by atoms with Crippen LogP contribution < -0.4 is 0 Å². The third-order valence-corrected chi connectivity index (χ3v) is 4.81. The molecule has 0 unspecified atom stereocenters. The van der Waals surface area contributed by atoms with E-state index in [1.165, 1.54) is 17.8 Å². The highest BCUT2D eigenvalue weighted by Crippen LogP contribution is 2.36. The van der Waals surface area contributed by atoms with Crippen molar-refractivity contribution in [2.45, 2.75) is 25.2 Å². The number of carboxylic acids is 1. The summed E-state index contributed by atoms with van der Waals surface area (Å²) in [5.74, 6) is 0.497. The predicted octanol–water partition coefficient (Wildman–Crippen LogP) is 2.82. The molecule has 0 spiro atoms. The van der Waals surface area contributed by atoms with Crippen LogP contribution in [0.4, 0.5) is 0 Å². The molecule has 1 N–H and O–H groups in total. The number of aromatic nitrogens is 4. The summed E-state index contributed by atoms with van der Waals surface area (Å²) in [5.41, 5.74) is 1.17. The predicted molar refractivity (Wildman–Crippen MR) is 77.6 cm³/mol. The third kappa shape index (κ3) is 2.01. The highest BCUT2D eigenvalue weighted by molar-refractivity contribution is 7.19. The third-order valence-electron chi connectivity index (χ3n) is 3.86. The Bertz CT molecular complexity index is 817. The zero-order valence-corrected chi connectivity index (χ0v) is 11.9. The maximum Gasteiger partial charge on any atom is 0.335 e. The summed E-state index contributed by atoms with van der Waals surface area (Å²) in [6, 6.07) is 6.73. The Hall–Kier alpha value is -2.28. The summed E-state index contributed by atoms with van der Waals surface area (Å²) < 4.78 is 1.83. The largest absolute Gasteiger partial charge is 0.478 e. The SMILES string of the molecule is O=C(O)c1ccc(-c2nn3c(C4CCC4)nnc3s2)cc1. The molecule has 0 atom stereocenters. The van der Waals surface area contributed by atoms with E-state index in [-0.39, 0.29) is 5.56 Å². The fourth-order valence-electron chi connectivity index (χ4n) is 2.43. The number of aromatic carboxylic acids is 1. The first-order chi connectivity index (χ1) is 10.2. The molecule has 1 fully saturated rings. The lowest BCUT2D eigenvalue weighted by Crippen LogP contribution is -2.12. The number of nitrogens with zero attached hydrogens (tertiary/aromatic N) is 4. The minimum absolute atomic E-state index is 0.275. The van der Waals surface area contributed by atoms with Crippen LogP contribution in [0.1, 0.15) is 41.4 Å². The molecule has 3 aromatic rings. The van der Waals surface area contributed by atoms with Gasteiger partial charge in [-0.05, 0) is 25.0 Å². The highest BCUT2D eigenvalue weighted by atomic mass is 32.1. The van der Waals surface area contributed by atoms with Crippen LogP contribution in [0.2, 0.25) is 0 Å². The van der Waals surface area contributed by atoms with Gasteiger partial charge in [0.15, 0.2) is 5.82 Å². The van der Waals surface area contributed by atoms with Crippen molar-refractivity contribution >= 4 is 22.3 Å². The van der Waals surface area contributed by atoms with Gasteiger partial charge in [0, 0.05) is 11.5 Å². The van der Waals surface area contributed by atoms with E-state index in [2.05, 4.69) is 15.3 Å². The lowest BCUT2D eigenvalue weighted by Gasteiger charge is -2.22. The van der Waals surface area contributed by atoms with Crippen LogP contribution in [0.5, 0.6) is 0 Å². The fraction of sp³-hybridized carbons (Fsp3) is 0.286. The van der Waals surface area contributed by atoms with Gasteiger partial charge in [-0.3, -0.25) is 0 Å². The second kappa shape index (κ2) is 4.63. The van der Waals surface area contributed by atoms with E-state index >= 15 is 0 Å². The summed E-state index contributed by atoms with van der Waals surface area (Å²) in [7, 11) is 0. The number of carboxylic acid groups (broad SMARTS) is 1. The average molecular weight is 300 g/mol. The van der Waals surface area contributed by atoms with Crippen LogP contribution in [0, 0.1) is 0 Å². The maximum atomic E-state index is 10.9. The molecule has 0 radical (unpaired) electrons. The molecule has 1 saturated carbocycles. The van der Waals surface area contributed by atoms with Crippen LogP contribution in [0.25, 0.3) is 15.5 Å². The van der Waals surface area contributed by atoms with Gasteiger partial charge in [-0.15, -0.1) is 10.2 Å². The van der Waals surface area contributed by atoms with Gasteiger partial charge in [0.05, 0.1) is 5.56 Å². The molecule has 21 heavy (non-hydrogen) atoms. The summed E-state index contributed by atoms with van der Waals surface area (Å²) >= 11 is 1.47. The molecule has 0 bridgehead atoms. The minimum atomic E-state index is -0.924. The lowest BCUT2D eigenvalue weighted by atomic mass is 9.85. The molecular weight excluding hydrogens is 288 g/mol. The fourth-order valence-corrected chi connectivity index (χ4v) is 3.28. The van der Waals surface area contributed by atoms with Crippen molar-refractivity contribution in [3.8, 4) is 10.6 Å². The van der Waals surface area contributed by atoms with Crippen molar-refractivity contribution in [2.24, 2.45) is 0 Å². The van der Waals surface area contributed by atoms with E-state index < -0.39 is 5.97 Å². The standard InChI is InChI=1S/C14H12N4O2S/c19-13(20)10-6-4-9(5-7-10)12-17-18-11(8-2-1-3-8)15-16-14(18)21-12/h4-8H,1-3H2,(H,19,20). The summed E-state index contributed by atoms with van der Waals surface area (Å²) in [5, 5.41) is 22.8. The van der Waals surface area contributed by atoms with Crippen molar-refractivity contribution in [1.82, 2.24) is 19.8 Å². The molecular formula is C14H12N4O2S. The van der Waals surface area contributed by atoms with Crippen molar-refractivity contribution in [3.63, 3.8) is 0 Å². The van der Waals surface area contributed by atoms with Crippen molar-refractivity contribution in [1.29, 1.82) is 0 Å². The van der Waals surface area contributed by atoms with Crippen molar-refractivity contribution < 1.29 is 9.90 Å². The van der Waals surface area contributed by atoms with E-state index in [0.29, 0.717) is 5.92 Å². The van der Waals surface area contributed by atoms with E-state index in [9.17, 15) is 4.79 Å². The molecule has 1 aliphatic rings. The van der Waals surface area contributed by atoms with E-state index in [1.54, 1.807) is 24.3 Å². The van der Waals surface area contributed by atoms with Crippen LogP contribution in [0.15, 0.2) is 24.3 Å². The number of fused-ring (bicyclic) bond motifs is 1. The van der Waals surface area contributed by atoms with E-state index in [4.69, 9.17) is 5.11 Å². The first kappa shape index (κ1) is 12.5. The topological polar surface area (TPSA) is 80.4 Å². The number of rotatable bonds is 3. The van der Waals surface area contributed by atoms with Crippen molar-refractivity contribution in [2.75, 3.05) is 0 Å². The maximum absolute atomic E-state index is 10.9. The molecule has 0 saturated heterocycles. The highest BCUT2D eigenvalue weighted by Gasteiger charge is 2.26. The van der Waals surface area contributed by atoms with Gasteiger partial charge in [-0.25, -0.2) is 4.79 Å². The Morgan fingerprint density at radius 2 is 2.00 bits per heavy atom. The van der Waals surface area contributed by atoms with Crippen LogP contribution in [0.3, 0.4) is 0 Å². The van der Waals surface area contributed by atoms with Crippen LogP contribution in [-0.4, -0.2) is 30.9 Å². The normalized spacial score (nSPS) is 15.2. The first-order valence-electron chi connectivity index (χ1n) is 6.78. The zero-order valence-electron chi connectivity index (χ0n) is 11.1. The molecule has 4 rings (SSSR count). The zero-order chi connectivity index (χ0) is 14.4. The van der Waals surface area contributed by atoms with Gasteiger partial charge in [0.1, 0.15) is 5.01 Å². The van der Waals surface area contributed by atoms with Crippen LogP contribution >= 0.6 is 11.3 Å². The molecule has 1 aromatic carbocycles. The Labute approximate surface area is 124 Å². The number of benzene rings is 1.